The summed E-state index contributed by atoms with van der Waals surface area (Å²) in [5.41, 5.74) is -4.36. The number of esters is 2. The number of hydrogen-bond acceptors (Lipinski definition) is 5. The molecule has 1 rings (SSSR count). The minimum absolute atomic E-state index is 0.115. The Bertz CT molecular complexity index is 741. The van der Waals surface area contributed by atoms with Crippen molar-refractivity contribution in [2.24, 2.45) is 0 Å². The predicted molar refractivity (Wildman–Crippen MR) is 95.2 cm³/mol. The van der Waals surface area contributed by atoms with Crippen molar-refractivity contribution >= 4 is 23.5 Å². The van der Waals surface area contributed by atoms with Gasteiger partial charge in [-0.2, -0.15) is 5.26 Å². The van der Waals surface area contributed by atoms with E-state index >= 15 is 0 Å². The van der Waals surface area contributed by atoms with Crippen molar-refractivity contribution in [3.05, 3.63) is 34.1 Å². The SMILES string of the molecule is CC(C)(C)OC(=O)C(C)(C(=O)OC(C)(C)C)c1c(C#N)ccc(F)c1Cl. The molecular weight excluding hydrogens is 361 g/mol. The molecule has 0 unspecified atom stereocenters. The lowest BCUT2D eigenvalue weighted by atomic mass is 9.79. The Hall–Kier alpha value is -2.13. The Balaban J connectivity index is 3.73. The molecule has 26 heavy (non-hydrogen) atoms. The van der Waals surface area contributed by atoms with Gasteiger partial charge in [-0.3, -0.25) is 9.59 Å². The monoisotopic (exact) mass is 383 g/mol. The molecule has 0 bridgehead atoms. The highest BCUT2D eigenvalue weighted by Crippen LogP contribution is 2.38. The number of rotatable bonds is 3. The van der Waals surface area contributed by atoms with Crippen LogP contribution in [0.1, 0.15) is 59.6 Å². The van der Waals surface area contributed by atoms with Gasteiger partial charge in [-0.25, -0.2) is 4.39 Å². The smallest absolute Gasteiger partial charge is 0.328 e. The van der Waals surface area contributed by atoms with E-state index in [-0.39, 0.29) is 11.1 Å². The highest BCUT2D eigenvalue weighted by molar-refractivity contribution is 6.32. The second kappa shape index (κ2) is 7.24. The third kappa shape index (κ3) is 4.73. The zero-order valence-corrected chi connectivity index (χ0v) is 16.7. The van der Waals surface area contributed by atoms with Crippen molar-refractivity contribution in [3.63, 3.8) is 0 Å². The fraction of sp³-hybridized carbons (Fsp3) is 0.526. The van der Waals surface area contributed by atoms with E-state index in [1.165, 1.54) is 6.92 Å². The van der Waals surface area contributed by atoms with Gasteiger partial charge in [0.05, 0.1) is 16.7 Å². The van der Waals surface area contributed by atoms with Crippen LogP contribution in [-0.4, -0.2) is 23.1 Å². The standard InChI is InChI=1S/C19H23ClFNO4/c1-17(2,3)25-15(23)19(7,16(24)26-18(4,5)6)13-11(10-22)8-9-12(21)14(13)20/h8-9H,1-7H3. The van der Waals surface area contributed by atoms with E-state index in [2.05, 4.69) is 0 Å². The van der Waals surface area contributed by atoms with Crippen molar-refractivity contribution in [2.45, 2.75) is 65.1 Å². The van der Waals surface area contributed by atoms with Crippen LogP contribution in [0, 0.1) is 17.1 Å². The van der Waals surface area contributed by atoms with E-state index in [1.807, 2.05) is 6.07 Å². The first-order chi connectivity index (χ1) is 11.6. The average Bonchev–Trinajstić information content (AvgIpc) is 2.45. The van der Waals surface area contributed by atoms with Gasteiger partial charge in [0.15, 0.2) is 5.41 Å². The minimum atomic E-state index is -2.12. The molecule has 142 valence electrons. The summed E-state index contributed by atoms with van der Waals surface area (Å²) in [6.45, 7) is 11.0. The van der Waals surface area contributed by atoms with Crippen molar-refractivity contribution in [1.82, 2.24) is 0 Å². The van der Waals surface area contributed by atoms with Gasteiger partial charge < -0.3 is 9.47 Å². The maximum absolute atomic E-state index is 14.1. The molecule has 0 heterocycles. The number of halogens is 2. The van der Waals surface area contributed by atoms with Crippen LogP contribution in [0.25, 0.3) is 0 Å². The highest BCUT2D eigenvalue weighted by Gasteiger charge is 2.51. The second-order valence-electron chi connectivity index (χ2n) is 8.02. The molecule has 5 nitrogen and oxygen atoms in total. The van der Waals surface area contributed by atoms with Crippen LogP contribution >= 0.6 is 11.6 Å². The maximum atomic E-state index is 14.1. The third-order valence-corrected chi connectivity index (χ3v) is 3.70. The van der Waals surface area contributed by atoms with Crippen LogP contribution in [-0.2, 0) is 24.5 Å². The summed E-state index contributed by atoms with van der Waals surface area (Å²) in [6.07, 6.45) is 0. The highest BCUT2D eigenvalue weighted by atomic mass is 35.5. The van der Waals surface area contributed by atoms with E-state index in [9.17, 15) is 19.2 Å². The average molecular weight is 384 g/mol. The fourth-order valence-corrected chi connectivity index (χ4v) is 2.53. The van der Waals surface area contributed by atoms with Crippen molar-refractivity contribution in [3.8, 4) is 6.07 Å². The third-order valence-electron chi connectivity index (χ3n) is 3.33. The predicted octanol–water partition coefficient (Wildman–Crippen LogP) is 4.29. The van der Waals surface area contributed by atoms with E-state index in [4.69, 9.17) is 21.1 Å². The van der Waals surface area contributed by atoms with E-state index in [0.29, 0.717) is 0 Å². The van der Waals surface area contributed by atoms with E-state index in [1.54, 1.807) is 41.5 Å². The summed E-state index contributed by atoms with van der Waals surface area (Å²) >= 11 is 6.05. The van der Waals surface area contributed by atoms with Crippen molar-refractivity contribution in [1.29, 1.82) is 5.26 Å². The van der Waals surface area contributed by atoms with Crippen LogP contribution in [0.4, 0.5) is 4.39 Å². The van der Waals surface area contributed by atoms with Gasteiger partial charge in [-0.15, -0.1) is 0 Å². The number of benzene rings is 1. The van der Waals surface area contributed by atoms with Gasteiger partial charge in [-0.05, 0) is 60.6 Å². The van der Waals surface area contributed by atoms with Crippen LogP contribution in [0.3, 0.4) is 0 Å². The van der Waals surface area contributed by atoms with Gasteiger partial charge in [0, 0.05) is 5.56 Å². The van der Waals surface area contributed by atoms with Crippen molar-refractivity contribution in [2.75, 3.05) is 0 Å². The molecule has 0 saturated carbocycles. The fourth-order valence-electron chi connectivity index (χ4n) is 2.18. The zero-order valence-electron chi connectivity index (χ0n) is 16.0. The Morgan fingerprint density at radius 3 is 1.77 bits per heavy atom. The van der Waals surface area contributed by atoms with E-state index < -0.39 is 39.4 Å². The van der Waals surface area contributed by atoms with Gasteiger partial charge in [0.25, 0.3) is 0 Å². The Morgan fingerprint density at radius 2 is 1.42 bits per heavy atom. The molecule has 0 spiro atoms. The number of ether oxygens (including phenoxy) is 2. The van der Waals surface area contributed by atoms with Crippen molar-refractivity contribution < 1.29 is 23.5 Å². The number of carbonyl (C=O) groups is 2. The molecule has 0 amide bonds. The van der Waals surface area contributed by atoms with Crippen LogP contribution < -0.4 is 0 Å². The quantitative estimate of drug-likeness (QED) is 0.574. The Labute approximate surface area is 158 Å². The molecule has 0 aliphatic heterocycles. The zero-order chi connectivity index (χ0) is 20.5. The van der Waals surface area contributed by atoms with Crippen LogP contribution in [0.5, 0.6) is 0 Å². The number of nitrogens with zero attached hydrogens (tertiary/aromatic N) is 1. The molecule has 0 atom stereocenters. The minimum Gasteiger partial charge on any atom is -0.459 e. The van der Waals surface area contributed by atoms with Gasteiger partial charge >= 0.3 is 11.9 Å². The second-order valence-corrected chi connectivity index (χ2v) is 8.40. The van der Waals surface area contributed by atoms with Crippen LogP contribution in [0.15, 0.2) is 12.1 Å². The number of hydrogen-bond donors (Lipinski definition) is 0. The molecule has 0 radical (unpaired) electrons. The summed E-state index contributed by atoms with van der Waals surface area (Å²) in [6, 6.07) is 3.99. The molecule has 0 aromatic heterocycles. The molecule has 7 heteroatoms. The molecule has 0 aliphatic carbocycles. The van der Waals surface area contributed by atoms with Gasteiger partial charge in [0.1, 0.15) is 17.0 Å². The topological polar surface area (TPSA) is 76.4 Å². The summed E-state index contributed by atoms with van der Waals surface area (Å²) < 4.78 is 24.8. The summed E-state index contributed by atoms with van der Waals surface area (Å²) in [4.78, 5) is 25.9. The van der Waals surface area contributed by atoms with E-state index in [0.717, 1.165) is 12.1 Å². The normalized spacial score (nSPS) is 12.3. The summed E-state index contributed by atoms with van der Waals surface area (Å²) in [5.74, 6) is -2.83. The lowest BCUT2D eigenvalue weighted by Gasteiger charge is -2.33. The summed E-state index contributed by atoms with van der Waals surface area (Å²) in [5, 5.41) is 8.89. The molecule has 0 saturated heterocycles. The van der Waals surface area contributed by atoms with Crippen LogP contribution in [0.2, 0.25) is 5.02 Å². The first-order valence-corrected chi connectivity index (χ1v) is 8.36. The lowest BCUT2D eigenvalue weighted by Crippen LogP contribution is -2.48. The van der Waals surface area contributed by atoms with Gasteiger partial charge in [0.2, 0.25) is 0 Å². The molecule has 0 aliphatic rings. The molecule has 0 fully saturated rings. The lowest BCUT2D eigenvalue weighted by molar-refractivity contribution is -0.176. The number of nitriles is 1. The molecule has 1 aromatic rings. The van der Waals surface area contributed by atoms with Gasteiger partial charge in [-0.1, -0.05) is 11.6 Å². The molecule has 0 N–H and O–H groups in total. The Morgan fingerprint density at radius 1 is 1.00 bits per heavy atom. The largest absolute Gasteiger partial charge is 0.459 e. The molecular formula is C19H23ClFNO4. The maximum Gasteiger partial charge on any atom is 0.328 e. The summed E-state index contributed by atoms with van der Waals surface area (Å²) in [7, 11) is 0. The molecule has 1 aromatic carbocycles. The first-order valence-electron chi connectivity index (χ1n) is 7.99. The Kier molecular flexibility index (Phi) is 6.10. The number of carbonyl (C=O) groups excluding carboxylic acids is 2. The first kappa shape index (κ1) is 21.9.